The normalized spacial score (nSPS) is 10.5. The van der Waals surface area contributed by atoms with Gasteiger partial charge in [0.2, 0.25) is 0 Å². The molecule has 2 aromatic carbocycles. The summed E-state index contributed by atoms with van der Waals surface area (Å²) in [5.74, 6) is -1.09. The minimum atomic E-state index is -0.874. The second-order valence-corrected chi connectivity index (χ2v) is 4.51. The van der Waals surface area contributed by atoms with Crippen LogP contribution >= 0.6 is 0 Å². The molecule has 0 bridgehead atoms. The van der Waals surface area contributed by atoms with Crippen molar-refractivity contribution >= 4 is 5.69 Å². The smallest absolute Gasteiger partial charge is 0.159 e. The summed E-state index contributed by atoms with van der Waals surface area (Å²) in [4.78, 5) is 0. The van der Waals surface area contributed by atoms with Crippen LogP contribution in [0.15, 0.2) is 30.3 Å². The van der Waals surface area contributed by atoms with Crippen LogP contribution in [0.5, 0.6) is 5.75 Å². The summed E-state index contributed by atoms with van der Waals surface area (Å²) in [6.07, 6.45) is 0. The van der Waals surface area contributed by atoms with E-state index in [1.54, 1.807) is 6.07 Å². The van der Waals surface area contributed by atoms with Gasteiger partial charge < -0.3 is 10.5 Å². The van der Waals surface area contributed by atoms with Gasteiger partial charge in [0.25, 0.3) is 0 Å². The third kappa shape index (κ3) is 3.02. The highest BCUT2D eigenvalue weighted by Gasteiger charge is 2.06. The highest BCUT2D eigenvalue weighted by atomic mass is 19.2. The van der Waals surface area contributed by atoms with E-state index in [0.717, 1.165) is 23.3 Å². The van der Waals surface area contributed by atoms with E-state index in [0.29, 0.717) is 17.0 Å². The molecule has 2 aromatic rings. The maximum Gasteiger partial charge on any atom is 0.159 e. The van der Waals surface area contributed by atoms with Crippen molar-refractivity contribution in [3.63, 3.8) is 0 Å². The molecule has 0 aromatic heterocycles. The number of hydrogen-bond acceptors (Lipinski definition) is 2. The molecule has 19 heavy (non-hydrogen) atoms. The third-order valence-electron chi connectivity index (χ3n) is 2.94. The number of anilines is 1. The van der Waals surface area contributed by atoms with Crippen LogP contribution in [0.25, 0.3) is 0 Å². The van der Waals surface area contributed by atoms with Gasteiger partial charge in [0.15, 0.2) is 11.6 Å². The molecule has 4 heteroatoms. The Morgan fingerprint density at radius 1 is 1.00 bits per heavy atom. The van der Waals surface area contributed by atoms with Crippen LogP contribution in [0.1, 0.15) is 16.7 Å². The van der Waals surface area contributed by atoms with Gasteiger partial charge in [-0.05, 0) is 42.7 Å². The van der Waals surface area contributed by atoms with Crippen molar-refractivity contribution in [3.8, 4) is 5.75 Å². The zero-order chi connectivity index (χ0) is 14.0. The number of aryl methyl sites for hydroxylation is 2. The summed E-state index contributed by atoms with van der Waals surface area (Å²) >= 11 is 0. The van der Waals surface area contributed by atoms with E-state index < -0.39 is 11.6 Å². The summed E-state index contributed by atoms with van der Waals surface area (Å²) in [6, 6.07) is 7.37. The number of nitrogen functional groups attached to an aromatic ring is 1. The van der Waals surface area contributed by atoms with E-state index in [9.17, 15) is 8.78 Å². The molecule has 100 valence electrons. The summed E-state index contributed by atoms with van der Waals surface area (Å²) in [7, 11) is 0. The Morgan fingerprint density at radius 2 is 1.74 bits per heavy atom. The van der Waals surface area contributed by atoms with Crippen LogP contribution < -0.4 is 10.5 Å². The van der Waals surface area contributed by atoms with Crippen molar-refractivity contribution in [2.75, 3.05) is 5.73 Å². The Morgan fingerprint density at radius 3 is 2.42 bits per heavy atom. The van der Waals surface area contributed by atoms with Gasteiger partial charge >= 0.3 is 0 Å². The molecule has 0 heterocycles. The van der Waals surface area contributed by atoms with Gasteiger partial charge in [-0.15, -0.1) is 0 Å². The molecule has 0 unspecified atom stereocenters. The quantitative estimate of drug-likeness (QED) is 0.856. The van der Waals surface area contributed by atoms with Gasteiger partial charge in [-0.2, -0.15) is 0 Å². The van der Waals surface area contributed by atoms with Gasteiger partial charge in [-0.3, -0.25) is 0 Å². The number of ether oxygens (including phenoxy) is 1. The van der Waals surface area contributed by atoms with Gasteiger partial charge in [0, 0.05) is 11.8 Å². The van der Waals surface area contributed by atoms with E-state index in [-0.39, 0.29) is 6.61 Å². The molecule has 0 atom stereocenters. The molecular weight excluding hydrogens is 248 g/mol. The fourth-order valence-corrected chi connectivity index (χ4v) is 1.79. The molecule has 0 radical (unpaired) electrons. The summed E-state index contributed by atoms with van der Waals surface area (Å²) in [6.45, 7) is 4.00. The van der Waals surface area contributed by atoms with E-state index in [1.807, 2.05) is 19.9 Å². The van der Waals surface area contributed by atoms with Gasteiger partial charge in [0.1, 0.15) is 12.4 Å². The van der Waals surface area contributed by atoms with Crippen LogP contribution in [0.4, 0.5) is 14.5 Å². The van der Waals surface area contributed by atoms with E-state index in [1.165, 1.54) is 6.07 Å². The highest BCUT2D eigenvalue weighted by molar-refractivity contribution is 5.54. The highest BCUT2D eigenvalue weighted by Crippen LogP contribution is 2.25. The lowest BCUT2D eigenvalue weighted by Gasteiger charge is -2.11. The number of benzene rings is 2. The molecule has 0 aliphatic carbocycles. The maximum absolute atomic E-state index is 13.1. The van der Waals surface area contributed by atoms with Crippen molar-refractivity contribution in [2.24, 2.45) is 0 Å². The second kappa shape index (κ2) is 5.26. The minimum Gasteiger partial charge on any atom is -0.489 e. The van der Waals surface area contributed by atoms with Crippen molar-refractivity contribution in [1.82, 2.24) is 0 Å². The second-order valence-electron chi connectivity index (χ2n) is 4.51. The lowest BCUT2D eigenvalue weighted by atomic mass is 10.1. The first-order chi connectivity index (χ1) is 8.97. The zero-order valence-corrected chi connectivity index (χ0v) is 10.8. The Hall–Kier alpha value is -2.10. The Balaban J connectivity index is 2.14. The lowest BCUT2D eigenvalue weighted by Crippen LogP contribution is -2.00. The maximum atomic E-state index is 13.1. The van der Waals surface area contributed by atoms with Crippen LogP contribution in [-0.4, -0.2) is 0 Å². The van der Waals surface area contributed by atoms with Crippen molar-refractivity contribution in [2.45, 2.75) is 20.5 Å². The van der Waals surface area contributed by atoms with Crippen LogP contribution in [-0.2, 0) is 6.61 Å². The van der Waals surface area contributed by atoms with Crippen LogP contribution in [0.2, 0.25) is 0 Å². The molecule has 0 fully saturated rings. The van der Waals surface area contributed by atoms with E-state index in [2.05, 4.69) is 0 Å². The topological polar surface area (TPSA) is 35.2 Å². The molecule has 0 amide bonds. The fraction of sp³-hybridized carbons (Fsp3) is 0.200. The zero-order valence-electron chi connectivity index (χ0n) is 10.8. The van der Waals surface area contributed by atoms with Crippen molar-refractivity contribution < 1.29 is 13.5 Å². The van der Waals surface area contributed by atoms with Gasteiger partial charge in [-0.25, -0.2) is 8.78 Å². The monoisotopic (exact) mass is 263 g/mol. The number of halogens is 2. The minimum absolute atomic E-state index is 0.167. The molecule has 0 spiro atoms. The van der Waals surface area contributed by atoms with E-state index in [4.69, 9.17) is 10.5 Å². The molecule has 2 nitrogen and oxygen atoms in total. The summed E-state index contributed by atoms with van der Waals surface area (Å²) in [5.41, 5.74) is 8.96. The molecule has 0 aliphatic heterocycles. The van der Waals surface area contributed by atoms with Crippen molar-refractivity contribution in [3.05, 3.63) is 58.7 Å². The average molecular weight is 263 g/mol. The van der Waals surface area contributed by atoms with Gasteiger partial charge in [0.05, 0.1) is 0 Å². The molecule has 0 saturated carbocycles. The molecule has 2 rings (SSSR count). The SMILES string of the molecule is Cc1cc(C)c(OCc2ccc(F)c(F)c2)cc1N. The number of hydrogen-bond donors (Lipinski definition) is 1. The van der Waals surface area contributed by atoms with Crippen molar-refractivity contribution in [1.29, 1.82) is 0 Å². The predicted octanol–water partition coefficient (Wildman–Crippen LogP) is 3.74. The summed E-state index contributed by atoms with van der Waals surface area (Å²) in [5, 5.41) is 0. The Labute approximate surface area is 110 Å². The van der Waals surface area contributed by atoms with Gasteiger partial charge in [-0.1, -0.05) is 12.1 Å². The molecule has 2 N–H and O–H groups in total. The standard InChI is InChI=1S/C15H15F2NO/c1-9-5-10(2)15(7-14(9)18)19-8-11-3-4-12(16)13(17)6-11/h3-7H,8,18H2,1-2H3. The number of rotatable bonds is 3. The Kier molecular flexibility index (Phi) is 3.69. The fourth-order valence-electron chi connectivity index (χ4n) is 1.79. The van der Waals surface area contributed by atoms with Crippen LogP contribution in [0.3, 0.4) is 0 Å². The van der Waals surface area contributed by atoms with Crippen LogP contribution in [0, 0.1) is 25.5 Å². The molecular formula is C15H15F2NO. The third-order valence-corrected chi connectivity index (χ3v) is 2.94. The molecule has 0 aliphatic rings. The lowest BCUT2D eigenvalue weighted by molar-refractivity contribution is 0.303. The first-order valence-electron chi connectivity index (χ1n) is 5.91. The predicted molar refractivity (Wildman–Crippen MR) is 71.0 cm³/mol. The summed E-state index contributed by atoms with van der Waals surface area (Å²) < 4.78 is 31.4. The first kappa shape index (κ1) is 13.3. The number of nitrogens with two attached hydrogens (primary N) is 1. The molecule has 0 saturated heterocycles. The first-order valence-corrected chi connectivity index (χ1v) is 5.91. The largest absolute Gasteiger partial charge is 0.489 e. The Bertz CT molecular complexity index is 611. The average Bonchev–Trinajstić information content (AvgIpc) is 2.36. The van der Waals surface area contributed by atoms with E-state index >= 15 is 0 Å².